The normalized spacial score (nSPS) is 15.0. The number of hydrogen-bond donors (Lipinski definition) is 2. The van der Waals surface area contributed by atoms with E-state index >= 15 is 0 Å². The van der Waals surface area contributed by atoms with Gasteiger partial charge in [0.2, 0.25) is 0 Å². The predicted molar refractivity (Wildman–Crippen MR) is 56.8 cm³/mol. The summed E-state index contributed by atoms with van der Waals surface area (Å²) < 4.78 is 0. The van der Waals surface area contributed by atoms with Gasteiger partial charge in [-0.15, -0.1) is 6.58 Å². The summed E-state index contributed by atoms with van der Waals surface area (Å²) in [6.07, 6.45) is 5.61. The maximum Gasteiger partial charge on any atom is 0.141 e. The Balaban J connectivity index is 2.33. The molecular formula is C10H18N4. The standard InChI is InChI=1S/C10H18N4/c1-4-5-6-8(2)13-9(3)10-11-7-12-14-10/h4,7-9,13H,1,5-6H2,2-3H3,(H,11,12,14). The zero-order valence-electron chi connectivity index (χ0n) is 8.83. The minimum absolute atomic E-state index is 0.220. The van der Waals surface area contributed by atoms with E-state index in [1.54, 1.807) is 0 Å². The van der Waals surface area contributed by atoms with Crippen molar-refractivity contribution in [3.05, 3.63) is 24.8 Å². The molecule has 0 saturated heterocycles. The topological polar surface area (TPSA) is 53.6 Å². The fourth-order valence-corrected chi connectivity index (χ4v) is 1.38. The first-order valence-electron chi connectivity index (χ1n) is 4.96. The van der Waals surface area contributed by atoms with E-state index < -0.39 is 0 Å². The zero-order chi connectivity index (χ0) is 10.4. The number of H-pyrrole nitrogens is 1. The van der Waals surface area contributed by atoms with Crippen molar-refractivity contribution in [3.63, 3.8) is 0 Å². The second-order valence-electron chi connectivity index (χ2n) is 3.53. The average molecular weight is 194 g/mol. The number of hydrogen-bond acceptors (Lipinski definition) is 3. The lowest BCUT2D eigenvalue weighted by Crippen LogP contribution is -2.29. The molecule has 0 fully saturated rings. The van der Waals surface area contributed by atoms with Crippen LogP contribution in [0, 0.1) is 0 Å². The summed E-state index contributed by atoms with van der Waals surface area (Å²) in [4.78, 5) is 4.10. The maximum atomic E-state index is 4.10. The molecule has 2 atom stereocenters. The molecule has 78 valence electrons. The maximum absolute atomic E-state index is 4.10. The number of aromatic nitrogens is 3. The molecule has 0 spiro atoms. The quantitative estimate of drug-likeness (QED) is 0.679. The van der Waals surface area contributed by atoms with Gasteiger partial charge in [0.05, 0.1) is 6.04 Å². The Morgan fingerprint density at radius 2 is 2.43 bits per heavy atom. The van der Waals surface area contributed by atoms with Crippen LogP contribution in [0.15, 0.2) is 19.0 Å². The molecule has 0 bridgehead atoms. The van der Waals surface area contributed by atoms with E-state index in [0.717, 1.165) is 18.7 Å². The SMILES string of the molecule is C=CCCC(C)NC(C)c1ncn[nH]1. The van der Waals surface area contributed by atoms with E-state index in [4.69, 9.17) is 0 Å². The predicted octanol–water partition coefficient (Wildman–Crippen LogP) is 1.81. The smallest absolute Gasteiger partial charge is 0.141 e. The van der Waals surface area contributed by atoms with Gasteiger partial charge in [-0.25, -0.2) is 4.98 Å². The number of aromatic amines is 1. The molecule has 1 aromatic heterocycles. The molecule has 4 nitrogen and oxygen atoms in total. The highest BCUT2D eigenvalue weighted by atomic mass is 15.2. The van der Waals surface area contributed by atoms with E-state index in [9.17, 15) is 0 Å². The van der Waals surface area contributed by atoms with Crippen molar-refractivity contribution in [3.8, 4) is 0 Å². The van der Waals surface area contributed by atoms with Crippen LogP contribution in [0.2, 0.25) is 0 Å². The summed E-state index contributed by atoms with van der Waals surface area (Å²) in [5.41, 5.74) is 0. The van der Waals surface area contributed by atoms with Gasteiger partial charge in [0.15, 0.2) is 0 Å². The fraction of sp³-hybridized carbons (Fsp3) is 0.600. The van der Waals surface area contributed by atoms with E-state index in [0.29, 0.717) is 6.04 Å². The Labute approximate surface area is 84.8 Å². The summed E-state index contributed by atoms with van der Waals surface area (Å²) in [6.45, 7) is 7.94. The van der Waals surface area contributed by atoms with Crippen molar-refractivity contribution in [1.29, 1.82) is 0 Å². The van der Waals surface area contributed by atoms with Gasteiger partial charge in [-0.2, -0.15) is 5.10 Å². The van der Waals surface area contributed by atoms with Crippen molar-refractivity contribution >= 4 is 0 Å². The molecule has 0 aliphatic heterocycles. The van der Waals surface area contributed by atoms with Crippen LogP contribution >= 0.6 is 0 Å². The van der Waals surface area contributed by atoms with Gasteiger partial charge in [-0.05, 0) is 26.7 Å². The van der Waals surface area contributed by atoms with Gasteiger partial charge >= 0.3 is 0 Å². The van der Waals surface area contributed by atoms with Crippen molar-refractivity contribution in [2.45, 2.75) is 38.8 Å². The molecular weight excluding hydrogens is 176 g/mol. The van der Waals surface area contributed by atoms with Crippen LogP contribution in [-0.4, -0.2) is 21.2 Å². The third-order valence-electron chi connectivity index (χ3n) is 2.18. The average Bonchev–Trinajstić information content (AvgIpc) is 2.67. The van der Waals surface area contributed by atoms with Gasteiger partial charge in [0, 0.05) is 6.04 Å². The molecule has 1 rings (SSSR count). The van der Waals surface area contributed by atoms with Gasteiger partial charge in [0.1, 0.15) is 12.2 Å². The van der Waals surface area contributed by atoms with E-state index in [2.05, 4.69) is 40.9 Å². The molecule has 14 heavy (non-hydrogen) atoms. The van der Waals surface area contributed by atoms with Crippen LogP contribution in [-0.2, 0) is 0 Å². The molecule has 2 N–H and O–H groups in total. The second-order valence-corrected chi connectivity index (χ2v) is 3.53. The first-order chi connectivity index (χ1) is 6.74. The minimum Gasteiger partial charge on any atom is -0.305 e. The van der Waals surface area contributed by atoms with Crippen LogP contribution in [0.3, 0.4) is 0 Å². The van der Waals surface area contributed by atoms with Gasteiger partial charge in [-0.1, -0.05) is 6.08 Å². The monoisotopic (exact) mass is 194 g/mol. The number of nitrogens with zero attached hydrogens (tertiary/aromatic N) is 2. The lowest BCUT2D eigenvalue weighted by molar-refractivity contribution is 0.446. The molecule has 4 heteroatoms. The summed E-state index contributed by atoms with van der Waals surface area (Å²) in [7, 11) is 0. The molecule has 0 amide bonds. The van der Waals surface area contributed by atoms with Crippen molar-refractivity contribution < 1.29 is 0 Å². The number of rotatable bonds is 6. The van der Waals surface area contributed by atoms with Crippen LogP contribution < -0.4 is 5.32 Å². The summed E-state index contributed by atoms with van der Waals surface area (Å²) in [5.74, 6) is 0.885. The highest BCUT2D eigenvalue weighted by molar-refractivity contribution is 4.89. The first kappa shape index (κ1) is 10.9. The molecule has 2 unspecified atom stereocenters. The number of nitrogens with one attached hydrogen (secondary N) is 2. The molecule has 0 aliphatic rings. The molecule has 1 aromatic rings. The highest BCUT2D eigenvalue weighted by Crippen LogP contribution is 2.07. The number of allylic oxidation sites excluding steroid dienone is 1. The first-order valence-corrected chi connectivity index (χ1v) is 4.96. The third-order valence-corrected chi connectivity index (χ3v) is 2.18. The van der Waals surface area contributed by atoms with Gasteiger partial charge in [-0.3, -0.25) is 5.10 Å². The lowest BCUT2D eigenvalue weighted by atomic mass is 10.1. The summed E-state index contributed by atoms with van der Waals surface area (Å²) >= 11 is 0. The Bertz CT molecular complexity index is 255. The van der Waals surface area contributed by atoms with Crippen LogP contribution in [0.1, 0.15) is 38.6 Å². The molecule has 1 heterocycles. The largest absolute Gasteiger partial charge is 0.305 e. The fourth-order valence-electron chi connectivity index (χ4n) is 1.38. The van der Waals surface area contributed by atoms with E-state index in [1.807, 2.05) is 6.08 Å². The molecule has 0 aliphatic carbocycles. The van der Waals surface area contributed by atoms with E-state index in [1.165, 1.54) is 6.33 Å². The van der Waals surface area contributed by atoms with Crippen LogP contribution in [0.4, 0.5) is 0 Å². The molecule has 0 saturated carbocycles. The summed E-state index contributed by atoms with van der Waals surface area (Å²) in [6, 6.07) is 0.686. The van der Waals surface area contributed by atoms with Gasteiger partial charge < -0.3 is 5.32 Å². The van der Waals surface area contributed by atoms with Crippen molar-refractivity contribution in [2.75, 3.05) is 0 Å². The molecule has 0 aromatic carbocycles. The van der Waals surface area contributed by atoms with Crippen molar-refractivity contribution in [1.82, 2.24) is 20.5 Å². The lowest BCUT2D eigenvalue weighted by Gasteiger charge is -2.17. The zero-order valence-corrected chi connectivity index (χ0v) is 8.83. The van der Waals surface area contributed by atoms with Crippen LogP contribution in [0.5, 0.6) is 0 Å². The highest BCUT2D eigenvalue weighted by Gasteiger charge is 2.10. The van der Waals surface area contributed by atoms with E-state index in [-0.39, 0.29) is 6.04 Å². The second kappa shape index (κ2) is 5.54. The Morgan fingerprint density at radius 3 is 3.00 bits per heavy atom. The van der Waals surface area contributed by atoms with Crippen molar-refractivity contribution in [2.24, 2.45) is 0 Å². The van der Waals surface area contributed by atoms with Crippen LogP contribution in [0.25, 0.3) is 0 Å². The minimum atomic E-state index is 0.220. The Kier molecular flexibility index (Phi) is 4.32. The Morgan fingerprint density at radius 1 is 1.64 bits per heavy atom. The third kappa shape index (κ3) is 3.30. The van der Waals surface area contributed by atoms with Gasteiger partial charge in [0.25, 0.3) is 0 Å². The summed E-state index contributed by atoms with van der Waals surface area (Å²) in [5, 5.41) is 10.1. The molecule has 0 radical (unpaired) electrons. The Hall–Kier alpha value is -1.16.